The molecule has 0 N–H and O–H groups in total. The molecule has 0 aromatic carbocycles. The third kappa shape index (κ3) is 5.70. The van der Waals surface area contributed by atoms with Crippen molar-refractivity contribution in [1.82, 2.24) is 9.80 Å². The summed E-state index contributed by atoms with van der Waals surface area (Å²) in [5.74, 6) is 0. The van der Waals surface area contributed by atoms with Crippen LogP contribution < -0.4 is 0 Å². The maximum atomic E-state index is 13.1. The van der Waals surface area contributed by atoms with Crippen LogP contribution in [0.5, 0.6) is 0 Å². The number of rotatable bonds is 4. The molecule has 1 aliphatic heterocycles. The quantitative estimate of drug-likeness (QED) is 0.450. The zero-order valence-corrected chi connectivity index (χ0v) is 16.0. The van der Waals surface area contributed by atoms with Gasteiger partial charge in [0, 0.05) is 31.0 Å². The Morgan fingerprint density at radius 1 is 1.36 bits per heavy atom. The van der Waals surface area contributed by atoms with E-state index in [1.165, 1.54) is 0 Å². The van der Waals surface area contributed by atoms with Gasteiger partial charge in [-0.3, -0.25) is 4.90 Å². The average molecular weight is 398 g/mol. The smallest absolute Gasteiger partial charge is 0.410 e. The van der Waals surface area contributed by atoms with Crippen LogP contribution in [-0.4, -0.2) is 70.9 Å². The molecule has 1 heterocycles. The van der Waals surface area contributed by atoms with E-state index in [9.17, 15) is 9.18 Å². The van der Waals surface area contributed by atoms with Crippen LogP contribution >= 0.6 is 28.7 Å². The first kappa shape index (κ1) is 19.7. The fourth-order valence-electron chi connectivity index (χ4n) is 2.44. The van der Waals surface area contributed by atoms with Gasteiger partial charge >= 0.3 is 6.09 Å². The molecule has 1 fully saturated rings. The maximum Gasteiger partial charge on any atom is 0.410 e. The lowest BCUT2D eigenvalue weighted by Gasteiger charge is -2.40. The van der Waals surface area contributed by atoms with Crippen LogP contribution in [0.3, 0.4) is 0 Å². The molecule has 2 atom stereocenters. The van der Waals surface area contributed by atoms with E-state index in [0.717, 1.165) is 0 Å². The average Bonchev–Trinajstić information content (AvgIpc) is 2.42. The second kappa shape index (κ2) is 8.49. The molecule has 1 unspecified atom stereocenters. The number of carbonyl (C=O) groups is 1. The van der Waals surface area contributed by atoms with Crippen molar-refractivity contribution in [3.8, 4) is 0 Å². The predicted molar refractivity (Wildman–Crippen MR) is 94.0 cm³/mol. The second-order valence-corrected chi connectivity index (χ2v) is 8.00. The van der Waals surface area contributed by atoms with Crippen LogP contribution in [0.15, 0.2) is 4.40 Å². The van der Waals surface area contributed by atoms with E-state index in [0.29, 0.717) is 31.9 Å². The van der Waals surface area contributed by atoms with Crippen LogP contribution in [0.25, 0.3) is 0 Å². The number of halogens is 2. The van der Waals surface area contributed by atoms with Gasteiger partial charge in [0.05, 0.1) is 11.8 Å². The Balaban J connectivity index is 2.65. The van der Waals surface area contributed by atoms with Gasteiger partial charge in [-0.05, 0) is 33.6 Å². The minimum Gasteiger partial charge on any atom is -0.444 e. The molecular formula is C14H25BrFN3O2S. The van der Waals surface area contributed by atoms with Crippen molar-refractivity contribution in [3.05, 3.63) is 0 Å². The van der Waals surface area contributed by atoms with Crippen LogP contribution in [0.2, 0.25) is 0 Å². The first-order valence-electron chi connectivity index (χ1n) is 7.32. The highest BCUT2D eigenvalue weighted by Crippen LogP contribution is 2.19. The fourth-order valence-corrected chi connectivity index (χ4v) is 3.25. The number of amides is 1. The standard InChI is InChI=1S/C14H25BrFN3O2S/c1-10(15)12(11(9-16)17-22)18-5-7-19(8-6-18)13(20)21-14(2,3)4/h10,12,22H,5-9H2,1-4H3/t10-,12?/m1/s1. The van der Waals surface area contributed by atoms with Gasteiger partial charge in [0.15, 0.2) is 0 Å². The Bertz CT molecular complexity index is 407. The minimum absolute atomic E-state index is 0.0437. The van der Waals surface area contributed by atoms with Crippen molar-refractivity contribution in [1.29, 1.82) is 0 Å². The van der Waals surface area contributed by atoms with Crippen molar-refractivity contribution in [3.63, 3.8) is 0 Å². The van der Waals surface area contributed by atoms with E-state index in [1.807, 2.05) is 27.7 Å². The highest BCUT2D eigenvalue weighted by atomic mass is 79.9. The first-order chi connectivity index (χ1) is 10.2. The number of hydrogen-bond donors (Lipinski definition) is 1. The summed E-state index contributed by atoms with van der Waals surface area (Å²) < 4.78 is 22.2. The Hall–Kier alpha value is -0.340. The highest BCUT2D eigenvalue weighted by Gasteiger charge is 2.32. The van der Waals surface area contributed by atoms with Crippen molar-refractivity contribution in [2.75, 3.05) is 32.9 Å². The number of thiol groups is 1. The Morgan fingerprint density at radius 2 is 1.91 bits per heavy atom. The third-order valence-corrected chi connectivity index (χ3v) is 4.16. The number of ether oxygens (including phenoxy) is 1. The largest absolute Gasteiger partial charge is 0.444 e. The Kier molecular flexibility index (Phi) is 7.61. The molecule has 0 saturated carbocycles. The number of hydrogen-bond acceptors (Lipinski definition) is 5. The SMILES string of the molecule is C[C@@H](Br)C(C(CF)=NS)N1CCN(C(=O)OC(C)(C)C)CC1. The summed E-state index contributed by atoms with van der Waals surface area (Å²) >= 11 is 7.38. The fraction of sp³-hybridized carbons (Fsp3) is 0.857. The van der Waals surface area contributed by atoms with Gasteiger partial charge in [-0.2, -0.15) is 0 Å². The van der Waals surface area contributed by atoms with Gasteiger partial charge in [0.25, 0.3) is 0 Å². The van der Waals surface area contributed by atoms with Gasteiger partial charge in [0.2, 0.25) is 0 Å². The Labute approximate surface area is 145 Å². The number of alkyl halides is 2. The molecule has 0 spiro atoms. The topological polar surface area (TPSA) is 45.1 Å². The zero-order valence-electron chi connectivity index (χ0n) is 13.6. The molecule has 0 bridgehead atoms. The molecule has 1 rings (SSSR count). The van der Waals surface area contributed by atoms with Gasteiger partial charge in [-0.25, -0.2) is 13.6 Å². The summed E-state index contributed by atoms with van der Waals surface area (Å²) in [6, 6.07) is -0.164. The van der Waals surface area contributed by atoms with Crippen LogP contribution in [0, 0.1) is 0 Å². The molecule has 0 aromatic heterocycles. The van der Waals surface area contributed by atoms with Crippen LogP contribution in [0.1, 0.15) is 27.7 Å². The summed E-state index contributed by atoms with van der Waals surface area (Å²) in [5.41, 5.74) is -0.0975. The summed E-state index contributed by atoms with van der Waals surface area (Å²) in [6.07, 6.45) is -0.302. The van der Waals surface area contributed by atoms with Crippen molar-refractivity contribution < 1.29 is 13.9 Å². The number of piperazine rings is 1. The van der Waals surface area contributed by atoms with E-state index in [2.05, 4.69) is 38.0 Å². The normalized spacial score (nSPS) is 20.7. The molecule has 22 heavy (non-hydrogen) atoms. The summed E-state index contributed by atoms with van der Waals surface area (Å²) in [6.45, 7) is 9.27. The summed E-state index contributed by atoms with van der Waals surface area (Å²) in [5, 5.41) is 0. The molecule has 0 aliphatic carbocycles. The van der Waals surface area contributed by atoms with Crippen LogP contribution in [0.4, 0.5) is 9.18 Å². The molecule has 8 heteroatoms. The molecule has 128 valence electrons. The first-order valence-corrected chi connectivity index (χ1v) is 8.64. The highest BCUT2D eigenvalue weighted by molar-refractivity contribution is 9.09. The molecule has 0 aromatic rings. The van der Waals surface area contributed by atoms with E-state index in [4.69, 9.17) is 4.74 Å². The monoisotopic (exact) mass is 397 g/mol. The van der Waals surface area contributed by atoms with Gasteiger partial charge in [-0.1, -0.05) is 22.9 Å². The molecule has 1 aliphatic rings. The summed E-state index contributed by atoms with van der Waals surface area (Å²) in [4.78, 5) is 15.9. The van der Waals surface area contributed by atoms with Crippen molar-refractivity contribution in [2.45, 2.75) is 44.2 Å². The van der Waals surface area contributed by atoms with Crippen molar-refractivity contribution in [2.24, 2.45) is 4.40 Å². The maximum absolute atomic E-state index is 13.1. The third-order valence-electron chi connectivity index (χ3n) is 3.40. The lowest BCUT2D eigenvalue weighted by Crippen LogP contribution is -2.56. The van der Waals surface area contributed by atoms with Gasteiger partial charge in [0.1, 0.15) is 12.3 Å². The zero-order chi connectivity index (χ0) is 16.9. The number of carbonyl (C=O) groups excluding carboxylic acids is 1. The Morgan fingerprint density at radius 3 is 2.27 bits per heavy atom. The predicted octanol–water partition coefficient (Wildman–Crippen LogP) is 2.95. The second-order valence-electron chi connectivity index (χ2n) is 6.35. The molecule has 1 saturated heterocycles. The van der Waals surface area contributed by atoms with E-state index in [-0.39, 0.29) is 17.0 Å². The van der Waals surface area contributed by atoms with Gasteiger partial charge in [-0.15, -0.1) is 0 Å². The molecule has 0 radical (unpaired) electrons. The number of nitrogens with zero attached hydrogens (tertiary/aromatic N) is 3. The van der Waals surface area contributed by atoms with E-state index < -0.39 is 12.3 Å². The molecule has 1 amide bonds. The molecular weight excluding hydrogens is 373 g/mol. The van der Waals surface area contributed by atoms with Crippen molar-refractivity contribution >= 4 is 40.5 Å². The van der Waals surface area contributed by atoms with Gasteiger partial charge < -0.3 is 9.64 Å². The molecule has 5 nitrogen and oxygen atoms in total. The van der Waals surface area contributed by atoms with E-state index in [1.54, 1.807) is 4.90 Å². The van der Waals surface area contributed by atoms with E-state index >= 15 is 0 Å². The lowest BCUT2D eigenvalue weighted by atomic mass is 10.1. The lowest BCUT2D eigenvalue weighted by molar-refractivity contribution is 0.0130. The summed E-state index contributed by atoms with van der Waals surface area (Å²) in [7, 11) is 0. The minimum atomic E-state index is -0.629. The van der Waals surface area contributed by atoms with Crippen LogP contribution in [-0.2, 0) is 4.74 Å².